The summed E-state index contributed by atoms with van der Waals surface area (Å²) in [6, 6.07) is 11.9. The third-order valence-electron chi connectivity index (χ3n) is 2.42. The Morgan fingerprint density at radius 1 is 1.21 bits per heavy atom. The maximum Gasteiger partial charge on any atom is 0.143 e. The molecule has 2 rings (SSSR count). The lowest BCUT2D eigenvalue weighted by Gasteiger charge is -2.02. The summed E-state index contributed by atoms with van der Waals surface area (Å²) in [5.41, 5.74) is 1.36. The lowest BCUT2D eigenvalue weighted by atomic mass is 10.2. The number of para-hydroxylation sites is 1. The molecule has 0 unspecified atom stereocenters. The second-order valence-corrected chi connectivity index (χ2v) is 4.56. The Morgan fingerprint density at radius 2 is 1.95 bits per heavy atom. The molecule has 0 fully saturated rings. The predicted molar refractivity (Wildman–Crippen MR) is 76.5 cm³/mol. The van der Waals surface area contributed by atoms with Crippen molar-refractivity contribution in [3.63, 3.8) is 0 Å². The van der Waals surface area contributed by atoms with E-state index in [0.717, 1.165) is 0 Å². The summed E-state index contributed by atoms with van der Waals surface area (Å²) in [7, 11) is 0. The Kier molecular flexibility index (Phi) is 4.06. The summed E-state index contributed by atoms with van der Waals surface area (Å²) in [5.74, 6) is -0.0933. The molecule has 94 valence electrons. The van der Waals surface area contributed by atoms with Gasteiger partial charge < -0.3 is 5.11 Å². The number of nitrogens with zero attached hydrogens (tertiary/aromatic N) is 2. The molecule has 0 saturated heterocycles. The smallest absolute Gasteiger partial charge is 0.143 e. The van der Waals surface area contributed by atoms with Gasteiger partial charge in [0.05, 0.1) is 16.3 Å². The number of hydrogen-bond donors (Lipinski definition) is 1. The highest BCUT2D eigenvalue weighted by molar-refractivity contribution is 6.36. The van der Waals surface area contributed by atoms with Gasteiger partial charge in [-0.25, -0.2) is 0 Å². The summed E-state index contributed by atoms with van der Waals surface area (Å²) in [4.78, 5) is 4.17. The molecule has 0 saturated carbocycles. The highest BCUT2D eigenvalue weighted by atomic mass is 35.5. The Labute approximate surface area is 120 Å². The number of nitriles is 1. The van der Waals surface area contributed by atoms with Crippen LogP contribution in [0.5, 0.6) is 5.75 Å². The summed E-state index contributed by atoms with van der Waals surface area (Å²) in [6.45, 7) is 0. The second-order valence-electron chi connectivity index (χ2n) is 3.71. The second kappa shape index (κ2) is 5.75. The van der Waals surface area contributed by atoms with Crippen molar-refractivity contribution in [2.24, 2.45) is 4.99 Å². The number of aromatic hydroxyl groups is 1. The molecule has 2 aromatic carbocycles. The molecule has 0 radical (unpaired) electrons. The third-order valence-corrected chi connectivity index (χ3v) is 2.93. The van der Waals surface area contributed by atoms with Crippen molar-refractivity contribution in [2.75, 3.05) is 0 Å². The van der Waals surface area contributed by atoms with Crippen LogP contribution in [0.3, 0.4) is 0 Å². The molecule has 0 aliphatic rings. The zero-order valence-electron chi connectivity index (χ0n) is 9.64. The van der Waals surface area contributed by atoms with Gasteiger partial charge >= 0.3 is 0 Å². The first-order valence-electron chi connectivity index (χ1n) is 5.33. The molecule has 0 heterocycles. The SMILES string of the molecule is N#Cc1ccccc1N=Cc1cc(Cl)cc(Cl)c1O. The number of rotatable bonds is 2. The molecular formula is C14H8Cl2N2O. The number of aliphatic imine (C=N–C) groups is 1. The standard InChI is InChI=1S/C14H8Cl2N2O/c15-11-5-10(14(19)12(16)6-11)8-18-13-4-2-1-3-9(13)7-17/h1-6,8,19H. The number of hydrogen-bond acceptors (Lipinski definition) is 3. The number of benzene rings is 2. The van der Waals surface area contributed by atoms with E-state index in [1.54, 1.807) is 30.3 Å². The van der Waals surface area contributed by atoms with Crippen LogP contribution in [0.2, 0.25) is 10.0 Å². The van der Waals surface area contributed by atoms with Crippen molar-refractivity contribution in [2.45, 2.75) is 0 Å². The summed E-state index contributed by atoms with van der Waals surface area (Å²) in [6.07, 6.45) is 1.42. The Bertz CT molecular complexity index is 690. The first-order valence-corrected chi connectivity index (χ1v) is 6.08. The fourth-order valence-corrected chi connectivity index (χ4v) is 2.01. The Morgan fingerprint density at radius 3 is 2.68 bits per heavy atom. The van der Waals surface area contributed by atoms with Crippen LogP contribution < -0.4 is 0 Å². The average Bonchev–Trinajstić information content (AvgIpc) is 2.41. The lowest BCUT2D eigenvalue weighted by Crippen LogP contribution is -1.84. The van der Waals surface area contributed by atoms with Crippen LogP contribution in [0.4, 0.5) is 5.69 Å². The molecule has 2 aromatic rings. The maximum absolute atomic E-state index is 9.78. The van der Waals surface area contributed by atoms with Crippen molar-refractivity contribution < 1.29 is 5.11 Å². The molecule has 0 bridgehead atoms. The molecular weight excluding hydrogens is 283 g/mol. The highest BCUT2D eigenvalue weighted by Gasteiger charge is 2.06. The first kappa shape index (κ1) is 13.4. The predicted octanol–water partition coefficient (Wildman–Crippen LogP) is 4.32. The van der Waals surface area contributed by atoms with Gasteiger partial charge in [-0.1, -0.05) is 35.3 Å². The van der Waals surface area contributed by atoms with Crippen LogP contribution >= 0.6 is 23.2 Å². The van der Waals surface area contributed by atoms with Gasteiger partial charge in [0.1, 0.15) is 11.8 Å². The largest absolute Gasteiger partial charge is 0.506 e. The van der Waals surface area contributed by atoms with Crippen LogP contribution in [-0.4, -0.2) is 11.3 Å². The van der Waals surface area contributed by atoms with E-state index in [9.17, 15) is 5.11 Å². The van der Waals surface area contributed by atoms with Crippen molar-refractivity contribution in [3.8, 4) is 11.8 Å². The van der Waals surface area contributed by atoms with Gasteiger partial charge in [0.15, 0.2) is 0 Å². The maximum atomic E-state index is 9.78. The minimum absolute atomic E-state index is 0.0933. The van der Waals surface area contributed by atoms with Crippen molar-refractivity contribution in [3.05, 3.63) is 57.6 Å². The highest BCUT2D eigenvalue weighted by Crippen LogP contribution is 2.30. The monoisotopic (exact) mass is 290 g/mol. The van der Waals surface area contributed by atoms with E-state index >= 15 is 0 Å². The molecule has 0 aliphatic carbocycles. The fraction of sp³-hybridized carbons (Fsp3) is 0. The van der Waals surface area contributed by atoms with E-state index in [1.165, 1.54) is 12.3 Å². The van der Waals surface area contributed by atoms with Crippen molar-refractivity contribution in [1.29, 1.82) is 5.26 Å². The van der Waals surface area contributed by atoms with Crippen molar-refractivity contribution in [1.82, 2.24) is 0 Å². The van der Waals surface area contributed by atoms with E-state index in [2.05, 4.69) is 4.99 Å². The molecule has 0 atom stereocenters. The number of phenols is 1. The molecule has 0 aliphatic heterocycles. The number of halogens is 2. The van der Waals surface area contributed by atoms with E-state index in [-0.39, 0.29) is 10.8 Å². The summed E-state index contributed by atoms with van der Waals surface area (Å²) >= 11 is 11.7. The molecule has 0 spiro atoms. The number of phenolic OH excluding ortho intramolecular Hbond substituents is 1. The molecule has 0 amide bonds. The van der Waals surface area contributed by atoms with Crippen LogP contribution in [0.25, 0.3) is 0 Å². The van der Waals surface area contributed by atoms with Gasteiger partial charge in [-0.15, -0.1) is 0 Å². The van der Waals surface area contributed by atoms with Gasteiger partial charge in [0.25, 0.3) is 0 Å². The third kappa shape index (κ3) is 3.05. The zero-order valence-corrected chi connectivity index (χ0v) is 11.2. The van der Waals surface area contributed by atoms with Gasteiger partial charge in [-0.2, -0.15) is 5.26 Å². The Hall–Kier alpha value is -2.02. The van der Waals surface area contributed by atoms with E-state index in [1.807, 2.05) is 6.07 Å². The van der Waals surface area contributed by atoms with Crippen LogP contribution in [0.1, 0.15) is 11.1 Å². The minimum atomic E-state index is -0.0933. The Balaban J connectivity index is 2.41. The lowest BCUT2D eigenvalue weighted by molar-refractivity contribution is 0.475. The minimum Gasteiger partial charge on any atom is -0.506 e. The van der Waals surface area contributed by atoms with Gasteiger partial charge in [-0.3, -0.25) is 4.99 Å². The van der Waals surface area contributed by atoms with Crippen LogP contribution in [0, 0.1) is 11.3 Å². The molecule has 3 nitrogen and oxygen atoms in total. The summed E-state index contributed by atoms with van der Waals surface area (Å²) in [5, 5.41) is 19.3. The quantitative estimate of drug-likeness (QED) is 0.838. The van der Waals surface area contributed by atoms with Crippen molar-refractivity contribution >= 4 is 35.1 Å². The fourth-order valence-electron chi connectivity index (χ4n) is 1.50. The van der Waals surface area contributed by atoms with Crippen LogP contribution in [0.15, 0.2) is 41.4 Å². The molecule has 0 aromatic heterocycles. The van der Waals surface area contributed by atoms with Gasteiger partial charge in [0, 0.05) is 16.8 Å². The molecule has 19 heavy (non-hydrogen) atoms. The average molecular weight is 291 g/mol. The van der Waals surface area contributed by atoms with E-state index in [0.29, 0.717) is 21.8 Å². The molecule has 5 heteroatoms. The van der Waals surface area contributed by atoms with E-state index < -0.39 is 0 Å². The topological polar surface area (TPSA) is 56.4 Å². The van der Waals surface area contributed by atoms with E-state index in [4.69, 9.17) is 28.5 Å². The normalized spacial score (nSPS) is 10.6. The first-order chi connectivity index (χ1) is 9.11. The van der Waals surface area contributed by atoms with Crippen LogP contribution in [-0.2, 0) is 0 Å². The zero-order chi connectivity index (χ0) is 13.8. The summed E-state index contributed by atoms with van der Waals surface area (Å²) < 4.78 is 0. The molecule has 1 N–H and O–H groups in total. The van der Waals surface area contributed by atoms with Gasteiger partial charge in [0.2, 0.25) is 0 Å². The van der Waals surface area contributed by atoms with Gasteiger partial charge in [-0.05, 0) is 24.3 Å².